The zero-order chi connectivity index (χ0) is 31.3. The molecular formula is C30H41F4N7O2. The molecule has 43 heavy (non-hydrogen) atoms. The van der Waals surface area contributed by atoms with Crippen LogP contribution >= 0.6 is 0 Å². The first kappa shape index (κ1) is 32.5. The first-order valence-electron chi connectivity index (χ1n) is 14.9. The Morgan fingerprint density at radius 1 is 1.05 bits per heavy atom. The molecule has 0 bridgehead atoms. The van der Waals surface area contributed by atoms with Crippen LogP contribution in [0.5, 0.6) is 11.9 Å². The summed E-state index contributed by atoms with van der Waals surface area (Å²) in [5.74, 6) is -2.65. The predicted molar refractivity (Wildman–Crippen MR) is 160 cm³/mol. The van der Waals surface area contributed by atoms with Gasteiger partial charge in [-0.1, -0.05) is 13.8 Å². The number of anilines is 2. The highest BCUT2D eigenvalue weighted by Crippen LogP contribution is 2.39. The van der Waals surface area contributed by atoms with E-state index in [1.54, 1.807) is 0 Å². The van der Waals surface area contributed by atoms with Gasteiger partial charge in [-0.3, -0.25) is 4.90 Å². The van der Waals surface area contributed by atoms with Gasteiger partial charge >= 0.3 is 6.01 Å². The molecule has 9 nitrogen and oxygen atoms in total. The van der Waals surface area contributed by atoms with E-state index in [1.165, 1.54) is 26.9 Å². The minimum absolute atomic E-state index is 0.0240. The maximum absolute atomic E-state index is 15.7. The Kier molecular flexibility index (Phi) is 10.8. The van der Waals surface area contributed by atoms with E-state index in [2.05, 4.69) is 30.5 Å². The molecule has 3 atom stereocenters. The Morgan fingerprint density at radius 3 is 2.53 bits per heavy atom. The number of hydrogen-bond acceptors (Lipinski definition) is 9. The topological polar surface area (TPSA) is 110 Å². The van der Waals surface area contributed by atoms with Crippen LogP contribution in [0.2, 0.25) is 0 Å². The number of ether oxygens (including phenoxy) is 2. The van der Waals surface area contributed by atoms with Crippen molar-refractivity contribution in [3.05, 3.63) is 29.1 Å². The van der Waals surface area contributed by atoms with Crippen molar-refractivity contribution in [2.45, 2.75) is 71.7 Å². The fourth-order valence-corrected chi connectivity index (χ4v) is 5.55. The maximum Gasteiger partial charge on any atom is 0.318 e. The van der Waals surface area contributed by atoms with Crippen molar-refractivity contribution >= 4 is 22.4 Å². The Morgan fingerprint density at radius 2 is 1.81 bits per heavy atom. The Labute approximate surface area is 249 Å². The van der Waals surface area contributed by atoms with Crippen LogP contribution in [-0.2, 0) is 0 Å². The standard InChI is InChI=1S/C21H23F3N6O2.C7H12FN.C2H6/c1-9-8-11(14(23)16(25)13(9)22)17-15(24)18-12-19(30-21(29-18)31-3)27-7-6-26-5-4-10(2)32-20(12)28-17;8-6-4-7-2-1-3-9(7)5-6;1-2/h8,10,26H,4-7,25H2,1-3H3,(H,27,29,30);6-7H,1-5H2;1-2H3. The molecule has 2 saturated heterocycles. The van der Waals surface area contributed by atoms with Crippen molar-refractivity contribution in [1.29, 1.82) is 0 Å². The minimum atomic E-state index is -1.11. The molecular weight excluding hydrogens is 566 g/mol. The van der Waals surface area contributed by atoms with E-state index in [9.17, 15) is 13.2 Å². The largest absolute Gasteiger partial charge is 0.474 e. The van der Waals surface area contributed by atoms with Crippen LogP contribution < -0.4 is 25.8 Å². The molecule has 2 fully saturated rings. The fraction of sp³-hybridized carbons (Fsp3) is 0.567. The van der Waals surface area contributed by atoms with Crippen LogP contribution in [0.4, 0.5) is 29.1 Å². The molecule has 1 aromatic carbocycles. The average Bonchev–Trinajstić information content (AvgIpc) is 3.58. The maximum atomic E-state index is 15.7. The third-order valence-corrected chi connectivity index (χ3v) is 7.68. The molecule has 5 heterocycles. The van der Waals surface area contributed by atoms with Crippen LogP contribution in [0.25, 0.3) is 22.2 Å². The Balaban J connectivity index is 0.000000322. The van der Waals surface area contributed by atoms with Crippen LogP contribution in [0.3, 0.4) is 0 Å². The Bertz CT molecular complexity index is 1420. The van der Waals surface area contributed by atoms with Crippen molar-refractivity contribution in [3.8, 4) is 23.1 Å². The number of fused-ring (bicyclic) bond motifs is 1. The highest BCUT2D eigenvalue weighted by atomic mass is 19.1. The molecule has 4 N–H and O–H groups in total. The summed E-state index contributed by atoms with van der Waals surface area (Å²) in [5.41, 5.74) is 4.04. The summed E-state index contributed by atoms with van der Waals surface area (Å²) in [4.78, 5) is 15.0. The SMILES string of the molecule is CC.COc1nc2c3c(nc(-c4cc(C)c(F)c(N)c4F)c(F)c3n1)OC(C)CCNCCN2.FC1CC2CCCN2C1. The predicted octanol–water partition coefficient (Wildman–Crippen LogP) is 5.40. The van der Waals surface area contributed by atoms with Gasteiger partial charge in [0.2, 0.25) is 5.88 Å². The lowest BCUT2D eigenvalue weighted by atomic mass is 10.0. The second-order valence-corrected chi connectivity index (χ2v) is 10.7. The number of pyridine rings is 1. The van der Waals surface area contributed by atoms with E-state index in [0.717, 1.165) is 19.0 Å². The number of nitrogens with zero attached hydrogens (tertiary/aromatic N) is 4. The van der Waals surface area contributed by atoms with E-state index in [0.29, 0.717) is 38.6 Å². The summed E-state index contributed by atoms with van der Waals surface area (Å²) < 4.78 is 68.4. The fourth-order valence-electron chi connectivity index (χ4n) is 5.55. The van der Waals surface area contributed by atoms with Crippen LogP contribution in [-0.4, -0.2) is 78.0 Å². The molecule has 0 saturated carbocycles. The smallest absolute Gasteiger partial charge is 0.318 e. The summed E-state index contributed by atoms with van der Waals surface area (Å²) in [6.45, 7) is 10.9. The summed E-state index contributed by atoms with van der Waals surface area (Å²) in [6.07, 6.45) is 3.17. The molecule has 0 spiro atoms. The van der Waals surface area contributed by atoms with Crippen LogP contribution in [0.15, 0.2) is 6.07 Å². The van der Waals surface area contributed by atoms with Gasteiger partial charge in [-0.2, -0.15) is 9.97 Å². The molecule has 6 rings (SSSR count). The molecule has 3 aliphatic heterocycles. The summed E-state index contributed by atoms with van der Waals surface area (Å²) in [7, 11) is 1.35. The van der Waals surface area contributed by atoms with Crippen molar-refractivity contribution in [1.82, 2.24) is 25.2 Å². The second-order valence-electron chi connectivity index (χ2n) is 10.7. The monoisotopic (exact) mass is 607 g/mol. The van der Waals surface area contributed by atoms with E-state index < -0.39 is 35.0 Å². The van der Waals surface area contributed by atoms with E-state index in [4.69, 9.17) is 15.2 Å². The number of rotatable bonds is 2. The van der Waals surface area contributed by atoms with E-state index in [1.807, 2.05) is 20.8 Å². The highest BCUT2D eigenvalue weighted by molar-refractivity contribution is 5.96. The van der Waals surface area contributed by atoms with Crippen molar-refractivity contribution in [2.75, 3.05) is 50.9 Å². The molecule has 3 aromatic rings. The molecule has 0 amide bonds. The van der Waals surface area contributed by atoms with Gasteiger partial charge in [0.25, 0.3) is 0 Å². The highest BCUT2D eigenvalue weighted by Gasteiger charge is 2.34. The summed E-state index contributed by atoms with van der Waals surface area (Å²) >= 11 is 0. The lowest BCUT2D eigenvalue weighted by Crippen LogP contribution is -2.26. The second kappa shape index (κ2) is 14.3. The number of benzene rings is 1. The lowest BCUT2D eigenvalue weighted by Gasteiger charge is -2.18. The number of alkyl halides is 1. The van der Waals surface area contributed by atoms with Gasteiger partial charge in [0.15, 0.2) is 17.5 Å². The molecule has 2 aromatic heterocycles. The van der Waals surface area contributed by atoms with Crippen molar-refractivity contribution in [2.24, 2.45) is 0 Å². The molecule has 13 heteroatoms. The van der Waals surface area contributed by atoms with Crippen molar-refractivity contribution in [3.63, 3.8) is 0 Å². The van der Waals surface area contributed by atoms with Crippen molar-refractivity contribution < 1.29 is 27.0 Å². The average molecular weight is 608 g/mol. The summed E-state index contributed by atoms with van der Waals surface area (Å²) in [6, 6.07) is 1.68. The lowest BCUT2D eigenvalue weighted by molar-refractivity contribution is 0.205. The Hall–Kier alpha value is -3.45. The van der Waals surface area contributed by atoms with Crippen LogP contribution in [0.1, 0.15) is 52.0 Å². The van der Waals surface area contributed by atoms with Crippen LogP contribution in [0, 0.1) is 24.4 Å². The van der Waals surface area contributed by atoms with Gasteiger partial charge in [0.05, 0.1) is 13.2 Å². The third kappa shape index (κ3) is 7.04. The van der Waals surface area contributed by atoms with Gasteiger partial charge in [-0.25, -0.2) is 22.5 Å². The van der Waals surface area contributed by atoms with Gasteiger partial charge in [-0.15, -0.1) is 0 Å². The number of halogens is 4. The first-order valence-corrected chi connectivity index (χ1v) is 14.9. The first-order chi connectivity index (χ1) is 20.7. The normalized spacial score (nSPS) is 21.7. The number of nitrogens with two attached hydrogens (primary N) is 1. The zero-order valence-corrected chi connectivity index (χ0v) is 25.4. The van der Waals surface area contributed by atoms with Gasteiger partial charge in [0, 0.05) is 31.2 Å². The zero-order valence-electron chi connectivity index (χ0n) is 25.4. The van der Waals surface area contributed by atoms with E-state index >= 15 is 4.39 Å². The third-order valence-electron chi connectivity index (χ3n) is 7.68. The number of aryl methyl sites for hydroxylation is 1. The molecule has 3 aliphatic rings. The van der Waals surface area contributed by atoms with Gasteiger partial charge in [0.1, 0.15) is 34.3 Å². The molecule has 0 aliphatic carbocycles. The van der Waals surface area contributed by atoms with E-state index in [-0.39, 0.29) is 45.8 Å². The van der Waals surface area contributed by atoms with Gasteiger partial charge in [-0.05, 0) is 64.3 Å². The number of methoxy groups -OCH3 is 1. The number of hydrogen-bond donors (Lipinski definition) is 3. The molecule has 236 valence electrons. The number of nitrogens with one attached hydrogen (secondary N) is 2. The minimum Gasteiger partial charge on any atom is -0.474 e. The van der Waals surface area contributed by atoms with Gasteiger partial charge < -0.3 is 25.8 Å². The number of nitrogen functional groups attached to an aromatic ring is 1. The molecule has 3 unspecified atom stereocenters. The quantitative estimate of drug-likeness (QED) is 0.261. The number of aromatic nitrogens is 3. The molecule has 0 radical (unpaired) electrons. The summed E-state index contributed by atoms with van der Waals surface area (Å²) in [5, 5.41) is 6.58.